The number of hydrogen-bond acceptors (Lipinski definition) is 3. The highest BCUT2D eigenvalue weighted by Crippen LogP contribution is 2.36. The van der Waals surface area contributed by atoms with Gasteiger partial charge in [-0.2, -0.15) is 0 Å². The molecule has 3 rings (SSSR count). The van der Waals surface area contributed by atoms with Crippen LogP contribution in [0, 0.1) is 0 Å². The van der Waals surface area contributed by atoms with Gasteiger partial charge in [0.25, 0.3) is 0 Å². The minimum absolute atomic E-state index is 0.679. The fourth-order valence-corrected chi connectivity index (χ4v) is 3.41. The molecule has 112 valence electrons. The lowest BCUT2D eigenvalue weighted by molar-refractivity contribution is 0.0775. The molecule has 1 N–H and O–H groups in total. The predicted molar refractivity (Wildman–Crippen MR) is 86.7 cm³/mol. The number of pyridine rings is 1. The molecule has 1 aliphatic heterocycles. The van der Waals surface area contributed by atoms with E-state index in [2.05, 4.69) is 11.8 Å². The molecule has 21 heavy (non-hydrogen) atoms. The molecule has 2 heterocycles. The Morgan fingerprint density at radius 2 is 2.14 bits per heavy atom. The van der Waals surface area contributed by atoms with Crippen LogP contribution in [0.25, 0.3) is 10.9 Å². The minimum atomic E-state index is -0.910. The molecule has 1 aromatic heterocycles. The maximum atomic E-state index is 10.7. The summed E-state index contributed by atoms with van der Waals surface area (Å²) in [7, 11) is 0. The average molecular weight is 305 g/mol. The Labute approximate surface area is 130 Å². The molecule has 0 aliphatic carbocycles. The van der Waals surface area contributed by atoms with Crippen molar-refractivity contribution in [2.24, 2.45) is 0 Å². The highest BCUT2D eigenvalue weighted by molar-refractivity contribution is 6.31. The number of halogens is 1. The van der Waals surface area contributed by atoms with Crippen LogP contribution in [0.1, 0.15) is 37.6 Å². The summed E-state index contributed by atoms with van der Waals surface area (Å²) in [6, 6.07) is 5.72. The first-order valence-corrected chi connectivity index (χ1v) is 7.84. The predicted octanol–water partition coefficient (Wildman–Crippen LogP) is 3.49. The van der Waals surface area contributed by atoms with Crippen LogP contribution >= 0.6 is 11.6 Å². The normalized spacial score (nSPS) is 16.2. The van der Waals surface area contributed by atoms with E-state index in [1.54, 1.807) is 0 Å². The molecule has 0 spiro atoms. The van der Waals surface area contributed by atoms with E-state index < -0.39 is 5.60 Å². The zero-order valence-corrected chi connectivity index (χ0v) is 13.5. The third kappa shape index (κ3) is 2.66. The molecule has 0 bridgehead atoms. The maximum Gasteiger partial charge on any atom is 0.0850 e. The van der Waals surface area contributed by atoms with Crippen LogP contribution in [0.4, 0.5) is 0 Å². The first-order chi connectivity index (χ1) is 9.90. The Morgan fingerprint density at radius 1 is 1.38 bits per heavy atom. The topological polar surface area (TPSA) is 36.4 Å². The van der Waals surface area contributed by atoms with E-state index in [4.69, 9.17) is 16.6 Å². The molecule has 0 saturated heterocycles. The summed E-state index contributed by atoms with van der Waals surface area (Å²) in [6.07, 6.45) is 0.935. The van der Waals surface area contributed by atoms with E-state index in [-0.39, 0.29) is 0 Å². The first kappa shape index (κ1) is 14.8. The lowest BCUT2D eigenvalue weighted by Crippen LogP contribution is -2.33. The van der Waals surface area contributed by atoms with E-state index in [9.17, 15) is 5.11 Å². The number of benzene rings is 1. The van der Waals surface area contributed by atoms with Gasteiger partial charge in [0, 0.05) is 35.6 Å². The van der Waals surface area contributed by atoms with Crippen LogP contribution in [-0.2, 0) is 18.6 Å². The molecule has 0 fully saturated rings. The maximum absolute atomic E-state index is 10.7. The van der Waals surface area contributed by atoms with Crippen LogP contribution in [0.3, 0.4) is 0 Å². The summed E-state index contributed by atoms with van der Waals surface area (Å²) in [5.74, 6) is 0. The molecule has 0 saturated carbocycles. The summed E-state index contributed by atoms with van der Waals surface area (Å²) in [6.45, 7) is 8.74. The smallest absolute Gasteiger partial charge is 0.0850 e. The summed E-state index contributed by atoms with van der Waals surface area (Å²) in [5, 5.41) is 12.3. The summed E-state index contributed by atoms with van der Waals surface area (Å²) in [4.78, 5) is 7.19. The number of fused-ring (bicyclic) bond motifs is 2. The van der Waals surface area contributed by atoms with Gasteiger partial charge in [-0.15, -0.1) is 0 Å². The van der Waals surface area contributed by atoms with Crippen LogP contribution in [0.5, 0.6) is 0 Å². The van der Waals surface area contributed by atoms with Crippen LogP contribution < -0.4 is 0 Å². The summed E-state index contributed by atoms with van der Waals surface area (Å²) in [5.41, 5.74) is 3.27. The van der Waals surface area contributed by atoms with E-state index in [0.717, 1.165) is 48.2 Å². The van der Waals surface area contributed by atoms with Gasteiger partial charge in [-0.05, 0) is 49.7 Å². The second-order valence-electron chi connectivity index (χ2n) is 6.25. The Kier molecular flexibility index (Phi) is 3.68. The van der Waals surface area contributed by atoms with Gasteiger partial charge < -0.3 is 5.11 Å². The molecule has 0 amide bonds. The van der Waals surface area contributed by atoms with Crippen molar-refractivity contribution in [2.45, 2.75) is 39.3 Å². The second-order valence-corrected chi connectivity index (χ2v) is 6.69. The summed E-state index contributed by atoms with van der Waals surface area (Å²) >= 11 is 6.16. The number of rotatable bonds is 2. The third-order valence-corrected chi connectivity index (χ3v) is 4.47. The van der Waals surface area contributed by atoms with Crippen LogP contribution in [0.15, 0.2) is 18.2 Å². The lowest BCUT2D eigenvalue weighted by Gasteiger charge is -2.32. The van der Waals surface area contributed by atoms with Crippen molar-refractivity contribution in [3.8, 4) is 0 Å². The molecule has 1 aliphatic rings. The Hall–Kier alpha value is -1.16. The minimum Gasteiger partial charge on any atom is -0.386 e. The Bertz CT molecular complexity index is 691. The number of nitrogens with zero attached hydrogens (tertiary/aromatic N) is 2. The standard InChI is InChI=1S/C17H21ClN2O/c1-4-20-8-7-15-13(10-20)16(17(2,3)21)12-9-11(18)5-6-14(12)19-15/h5-6,9,21H,4,7-8,10H2,1-3H3. The van der Waals surface area contributed by atoms with Crippen molar-refractivity contribution in [2.75, 3.05) is 13.1 Å². The largest absolute Gasteiger partial charge is 0.386 e. The molecule has 2 aromatic rings. The fourth-order valence-electron chi connectivity index (χ4n) is 3.24. The number of hydrogen-bond donors (Lipinski definition) is 1. The van der Waals surface area contributed by atoms with Gasteiger partial charge >= 0.3 is 0 Å². The summed E-state index contributed by atoms with van der Waals surface area (Å²) < 4.78 is 0. The zero-order chi connectivity index (χ0) is 15.2. The number of aliphatic hydroxyl groups is 1. The van der Waals surface area contributed by atoms with Crippen molar-refractivity contribution in [3.63, 3.8) is 0 Å². The second kappa shape index (κ2) is 5.24. The molecule has 4 heteroatoms. The van der Waals surface area contributed by atoms with E-state index in [0.29, 0.717) is 5.02 Å². The first-order valence-electron chi connectivity index (χ1n) is 7.46. The Morgan fingerprint density at radius 3 is 2.81 bits per heavy atom. The van der Waals surface area contributed by atoms with Crippen LogP contribution in [-0.4, -0.2) is 28.1 Å². The molecular formula is C17H21ClN2O. The molecule has 0 radical (unpaired) electrons. The number of likely N-dealkylation sites (N-methyl/N-ethyl adjacent to an activating group) is 1. The molecule has 3 nitrogen and oxygen atoms in total. The van der Waals surface area contributed by atoms with Gasteiger partial charge in [-0.25, -0.2) is 0 Å². The highest BCUT2D eigenvalue weighted by atomic mass is 35.5. The fraction of sp³-hybridized carbons (Fsp3) is 0.471. The quantitative estimate of drug-likeness (QED) is 0.922. The molecular weight excluding hydrogens is 284 g/mol. The number of aromatic nitrogens is 1. The van der Waals surface area contributed by atoms with Gasteiger partial charge in [-0.1, -0.05) is 18.5 Å². The lowest BCUT2D eigenvalue weighted by atomic mass is 9.86. The third-order valence-electron chi connectivity index (χ3n) is 4.24. The Balaban J connectivity index is 2.32. The van der Waals surface area contributed by atoms with Gasteiger partial charge in [0.1, 0.15) is 0 Å². The van der Waals surface area contributed by atoms with Crippen molar-refractivity contribution in [1.82, 2.24) is 9.88 Å². The highest BCUT2D eigenvalue weighted by Gasteiger charge is 2.29. The van der Waals surface area contributed by atoms with Gasteiger partial charge in [-0.3, -0.25) is 9.88 Å². The van der Waals surface area contributed by atoms with E-state index in [1.165, 1.54) is 5.56 Å². The SMILES string of the molecule is CCN1CCc2nc3ccc(Cl)cc3c(C(C)(C)O)c2C1. The molecule has 0 unspecified atom stereocenters. The van der Waals surface area contributed by atoms with Gasteiger partial charge in [0.2, 0.25) is 0 Å². The van der Waals surface area contributed by atoms with E-state index in [1.807, 2.05) is 32.0 Å². The van der Waals surface area contributed by atoms with E-state index >= 15 is 0 Å². The van der Waals surface area contributed by atoms with Gasteiger partial charge in [0.15, 0.2) is 0 Å². The van der Waals surface area contributed by atoms with Crippen molar-refractivity contribution in [3.05, 3.63) is 40.0 Å². The molecule has 1 aromatic carbocycles. The van der Waals surface area contributed by atoms with Crippen molar-refractivity contribution < 1.29 is 5.11 Å². The van der Waals surface area contributed by atoms with Gasteiger partial charge in [0.05, 0.1) is 11.1 Å². The van der Waals surface area contributed by atoms with Crippen LogP contribution in [0.2, 0.25) is 5.02 Å². The average Bonchev–Trinajstić information content (AvgIpc) is 2.42. The van der Waals surface area contributed by atoms with Crippen molar-refractivity contribution >= 4 is 22.5 Å². The zero-order valence-electron chi connectivity index (χ0n) is 12.8. The van der Waals surface area contributed by atoms with Crippen molar-refractivity contribution in [1.29, 1.82) is 0 Å². The molecule has 0 atom stereocenters. The monoisotopic (exact) mass is 304 g/mol.